The van der Waals surface area contributed by atoms with Crippen LogP contribution in [0.1, 0.15) is 13.3 Å². The number of nitrogens with two attached hydrogens (primary N) is 1. The van der Waals surface area contributed by atoms with Crippen LogP contribution in [0.3, 0.4) is 0 Å². The third-order valence-electron chi connectivity index (χ3n) is 1.08. The first kappa shape index (κ1) is 9.90. The normalized spacial score (nSPS) is 12.2. The predicted octanol–water partition coefficient (Wildman–Crippen LogP) is -1.08. The number of carboxylic acid groups (broad SMARTS) is 1. The highest BCUT2D eigenvalue weighted by molar-refractivity contribution is 6.31. The van der Waals surface area contributed by atoms with Crippen molar-refractivity contribution in [3.05, 3.63) is 0 Å². The minimum Gasteiger partial charge on any atom is -0.474 e. The summed E-state index contributed by atoms with van der Waals surface area (Å²) in [7, 11) is 0. The van der Waals surface area contributed by atoms with Crippen molar-refractivity contribution in [1.29, 1.82) is 0 Å². The Morgan fingerprint density at radius 2 is 2.18 bits per heavy atom. The molecule has 4 N–H and O–H groups in total. The number of aliphatic carboxylic acids is 1. The lowest BCUT2D eigenvalue weighted by molar-refractivity contribution is -0.150. The summed E-state index contributed by atoms with van der Waals surface area (Å²) in [6.07, 6.45) is 0.582. The van der Waals surface area contributed by atoms with Crippen LogP contribution in [-0.2, 0) is 9.59 Å². The summed E-state index contributed by atoms with van der Waals surface area (Å²) in [6, 6.07) is -0.0240. The molecule has 1 atom stereocenters. The van der Waals surface area contributed by atoms with Crippen molar-refractivity contribution in [2.24, 2.45) is 5.73 Å². The molecule has 0 radical (unpaired) electrons. The van der Waals surface area contributed by atoms with Crippen LogP contribution in [0.15, 0.2) is 0 Å². The Hall–Kier alpha value is -1.10. The largest absolute Gasteiger partial charge is 0.474 e. The van der Waals surface area contributed by atoms with Gasteiger partial charge in [0, 0.05) is 12.6 Å². The van der Waals surface area contributed by atoms with Crippen molar-refractivity contribution in [1.82, 2.24) is 5.32 Å². The lowest BCUT2D eigenvalue weighted by Crippen LogP contribution is -2.33. The summed E-state index contributed by atoms with van der Waals surface area (Å²) < 4.78 is 0. The van der Waals surface area contributed by atoms with Crippen LogP contribution in [0, 0.1) is 0 Å². The molecule has 11 heavy (non-hydrogen) atoms. The molecule has 5 nitrogen and oxygen atoms in total. The quantitative estimate of drug-likeness (QED) is 0.458. The van der Waals surface area contributed by atoms with Gasteiger partial charge >= 0.3 is 11.9 Å². The minimum atomic E-state index is -1.46. The highest BCUT2D eigenvalue weighted by Crippen LogP contribution is 1.81. The zero-order valence-electron chi connectivity index (χ0n) is 6.33. The average molecular weight is 160 g/mol. The molecule has 0 aromatic rings. The number of amides is 1. The first-order valence-corrected chi connectivity index (χ1v) is 3.30. The number of nitrogens with one attached hydrogen (secondary N) is 1. The Kier molecular flexibility index (Phi) is 4.21. The molecule has 64 valence electrons. The maximum absolute atomic E-state index is 10.4. The van der Waals surface area contributed by atoms with Gasteiger partial charge < -0.3 is 16.2 Å². The second-order valence-electron chi connectivity index (χ2n) is 2.33. The molecule has 0 fully saturated rings. The SMILES string of the molecule is CC(N)CCNC(=O)C(=O)O. The van der Waals surface area contributed by atoms with Crippen molar-refractivity contribution in [3.63, 3.8) is 0 Å². The van der Waals surface area contributed by atoms with Gasteiger partial charge in [0.15, 0.2) is 0 Å². The number of carboxylic acids is 1. The summed E-state index contributed by atoms with van der Waals surface area (Å²) in [5.41, 5.74) is 5.36. The molecule has 0 saturated carbocycles. The highest BCUT2D eigenvalue weighted by atomic mass is 16.4. The Labute approximate surface area is 64.6 Å². The molecule has 0 bridgehead atoms. The van der Waals surface area contributed by atoms with Crippen LogP contribution in [-0.4, -0.2) is 29.6 Å². The molecule has 0 rings (SSSR count). The minimum absolute atomic E-state index is 0.0240. The summed E-state index contributed by atoms with van der Waals surface area (Å²) in [4.78, 5) is 20.3. The van der Waals surface area contributed by atoms with Crippen LogP contribution in [0.2, 0.25) is 0 Å². The fourth-order valence-electron chi connectivity index (χ4n) is 0.489. The third-order valence-corrected chi connectivity index (χ3v) is 1.08. The second-order valence-corrected chi connectivity index (χ2v) is 2.33. The number of rotatable bonds is 3. The van der Waals surface area contributed by atoms with Gasteiger partial charge in [0.2, 0.25) is 0 Å². The first-order chi connectivity index (χ1) is 5.04. The van der Waals surface area contributed by atoms with Crippen molar-refractivity contribution >= 4 is 11.9 Å². The number of carbonyl (C=O) groups excluding carboxylic acids is 1. The molecular weight excluding hydrogens is 148 g/mol. The van der Waals surface area contributed by atoms with Gasteiger partial charge in [0.05, 0.1) is 0 Å². The van der Waals surface area contributed by atoms with Crippen LogP contribution >= 0.6 is 0 Å². The van der Waals surface area contributed by atoms with E-state index in [1.807, 2.05) is 0 Å². The summed E-state index contributed by atoms with van der Waals surface area (Å²) >= 11 is 0. The van der Waals surface area contributed by atoms with E-state index < -0.39 is 11.9 Å². The van der Waals surface area contributed by atoms with Gasteiger partial charge in [-0.2, -0.15) is 0 Å². The number of hydrogen-bond acceptors (Lipinski definition) is 3. The second kappa shape index (κ2) is 4.68. The Balaban J connectivity index is 3.40. The smallest absolute Gasteiger partial charge is 0.394 e. The first-order valence-electron chi connectivity index (χ1n) is 3.30. The lowest BCUT2D eigenvalue weighted by Gasteiger charge is -2.03. The number of carbonyl (C=O) groups is 2. The Morgan fingerprint density at radius 3 is 2.55 bits per heavy atom. The van der Waals surface area contributed by atoms with Crippen LogP contribution in [0.4, 0.5) is 0 Å². The van der Waals surface area contributed by atoms with Crippen LogP contribution in [0.25, 0.3) is 0 Å². The van der Waals surface area contributed by atoms with Crippen molar-refractivity contribution < 1.29 is 14.7 Å². The lowest BCUT2D eigenvalue weighted by atomic mass is 10.2. The Bertz CT molecular complexity index is 156. The van der Waals surface area contributed by atoms with E-state index in [9.17, 15) is 9.59 Å². The van der Waals surface area contributed by atoms with Gasteiger partial charge in [-0.15, -0.1) is 0 Å². The maximum Gasteiger partial charge on any atom is 0.394 e. The van der Waals surface area contributed by atoms with E-state index in [-0.39, 0.29) is 6.04 Å². The van der Waals surface area contributed by atoms with E-state index in [2.05, 4.69) is 5.32 Å². The van der Waals surface area contributed by atoms with E-state index in [0.717, 1.165) is 0 Å². The average Bonchev–Trinajstić information content (AvgIpc) is 1.86. The number of hydrogen-bond donors (Lipinski definition) is 3. The highest BCUT2D eigenvalue weighted by Gasteiger charge is 2.08. The molecular formula is C6H12N2O3. The maximum atomic E-state index is 10.4. The standard InChI is InChI=1S/C6H12N2O3/c1-4(7)2-3-8-5(9)6(10)11/h4H,2-3,7H2,1H3,(H,8,9)(H,10,11). The molecule has 5 heteroatoms. The van der Waals surface area contributed by atoms with E-state index in [4.69, 9.17) is 10.8 Å². The molecule has 0 spiro atoms. The zero-order chi connectivity index (χ0) is 8.85. The van der Waals surface area contributed by atoms with Crippen LogP contribution in [0.5, 0.6) is 0 Å². The fourth-order valence-corrected chi connectivity index (χ4v) is 0.489. The van der Waals surface area contributed by atoms with E-state index in [1.54, 1.807) is 6.92 Å². The third kappa shape index (κ3) is 5.35. The molecule has 0 heterocycles. The summed E-state index contributed by atoms with van der Waals surface area (Å²) in [5, 5.41) is 10.3. The van der Waals surface area contributed by atoms with E-state index in [1.165, 1.54) is 0 Å². The molecule has 1 unspecified atom stereocenters. The van der Waals surface area contributed by atoms with E-state index >= 15 is 0 Å². The van der Waals surface area contributed by atoms with Gasteiger partial charge in [-0.1, -0.05) is 0 Å². The van der Waals surface area contributed by atoms with Gasteiger partial charge in [-0.25, -0.2) is 4.79 Å². The summed E-state index contributed by atoms with van der Waals surface area (Å²) in [5.74, 6) is -2.44. The topological polar surface area (TPSA) is 92.4 Å². The molecule has 0 aromatic heterocycles. The molecule has 0 aromatic carbocycles. The van der Waals surface area contributed by atoms with Crippen LogP contribution < -0.4 is 11.1 Å². The molecule has 0 aliphatic rings. The monoisotopic (exact) mass is 160 g/mol. The van der Waals surface area contributed by atoms with Crippen molar-refractivity contribution in [2.75, 3.05) is 6.54 Å². The molecule has 0 aliphatic carbocycles. The van der Waals surface area contributed by atoms with Gasteiger partial charge in [0.25, 0.3) is 0 Å². The molecule has 0 saturated heterocycles. The fraction of sp³-hybridized carbons (Fsp3) is 0.667. The van der Waals surface area contributed by atoms with Crippen molar-refractivity contribution in [2.45, 2.75) is 19.4 Å². The summed E-state index contributed by atoms with van der Waals surface area (Å²) in [6.45, 7) is 2.09. The van der Waals surface area contributed by atoms with Gasteiger partial charge in [0.1, 0.15) is 0 Å². The van der Waals surface area contributed by atoms with Crippen molar-refractivity contribution in [3.8, 4) is 0 Å². The Morgan fingerprint density at radius 1 is 1.64 bits per heavy atom. The van der Waals surface area contributed by atoms with Gasteiger partial charge in [-0.3, -0.25) is 4.79 Å². The van der Waals surface area contributed by atoms with Gasteiger partial charge in [-0.05, 0) is 13.3 Å². The molecule has 0 aliphatic heterocycles. The van der Waals surface area contributed by atoms with E-state index in [0.29, 0.717) is 13.0 Å². The predicted molar refractivity (Wildman–Crippen MR) is 38.9 cm³/mol. The molecule has 1 amide bonds. The zero-order valence-corrected chi connectivity index (χ0v) is 6.33.